The number of hydrogen-bond acceptors (Lipinski definition) is 4. The van der Waals surface area contributed by atoms with E-state index in [1.54, 1.807) is 32.5 Å². The smallest absolute Gasteiger partial charge is 0.407 e. The van der Waals surface area contributed by atoms with Crippen LogP contribution in [0.1, 0.15) is 39.2 Å². The zero-order valence-corrected chi connectivity index (χ0v) is 16.0. The van der Waals surface area contributed by atoms with E-state index >= 15 is 0 Å². The molecule has 142 valence electrons. The first kappa shape index (κ1) is 21.7. The summed E-state index contributed by atoms with van der Waals surface area (Å²) in [6.07, 6.45) is 2.53. The highest BCUT2D eigenvalue weighted by atomic mass is 32.2. The molecule has 7 heteroatoms. The molecule has 0 radical (unpaired) electrons. The van der Waals surface area contributed by atoms with E-state index in [1.165, 1.54) is 12.1 Å². The molecule has 0 aliphatic carbocycles. The van der Waals surface area contributed by atoms with Gasteiger partial charge >= 0.3 is 6.09 Å². The van der Waals surface area contributed by atoms with Crippen molar-refractivity contribution in [3.05, 3.63) is 35.4 Å². The summed E-state index contributed by atoms with van der Waals surface area (Å²) in [5.74, 6) is -0.587. The molecular weight excluding hydrogens is 348 g/mol. The van der Waals surface area contributed by atoms with Gasteiger partial charge in [-0.2, -0.15) is 11.8 Å². The van der Waals surface area contributed by atoms with Gasteiger partial charge in [0, 0.05) is 18.0 Å². The van der Waals surface area contributed by atoms with Crippen LogP contribution in [0.25, 0.3) is 0 Å². The summed E-state index contributed by atoms with van der Waals surface area (Å²) in [7, 11) is 0. The van der Waals surface area contributed by atoms with Gasteiger partial charge in [0.05, 0.1) is 6.61 Å². The summed E-state index contributed by atoms with van der Waals surface area (Å²) in [6, 6.07) is 3.19. The van der Waals surface area contributed by atoms with Crippen LogP contribution in [-0.2, 0) is 10.2 Å². The van der Waals surface area contributed by atoms with Gasteiger partial charge in [-0.25, -0.2) is 13.6 Å². The van der Waals surface area contributed by atoms with E-state index in [-0.39, 0.29) is 13.2 Å². The van der Waals surface area contributed by atoms with E-state index in [0.717, 1.165) is 18.2 Å². The van der Waals surface area contributed by atoms with Crippen LogP contribution in [-0.4, -0.2) is 42.0 Å². The third-order valence-corrected chi connectivity index (χ3v) is 4.45. The van der Waals surface area contributed by atoms with Crippen molar-refractivity contribution in [1.29, 1.82) is 0 Å². The van der Waals surface area contributed by atoms with Crippen LogP contribution in [0.5, 0.6) is 0 Å². The molecule has 0 bridgehead atoms. The number of nitrogens with one attached hydrogen (secondary N) is 1. The number of aliphatic hydroxyl groups is 1. The first-order valence-corrected chi connectivity index (χ1v) is 9.54. The minimum atomic E-state index is -0.977. The van der Waals surface area contributed by atoms with Gasteiger partial charge in [0.1, 0.15) is 17.2 Å². The number of halogens is 2. The Hall–Kier alpha value is -1.34. The van der Waals surface area contributed by atoms with Crippen LogP contribution in [0.2, 0.25) is 0 Å². The Bertz CT molecular complexity index is 558. The molecule has 1 unspecified atom stereocenters. The lowest BCUT2D eigenvalue weighted by Gasteiger charge is -2.33. The second-order valence-corrected chi connectivity index (χ2v) is 8.03. The number of aliphatic hydroxyl groups excluding tert-OH is 1. The van der Waals surface area contributed by atoms with Gasteiger partial charge in [0.25, 0.3) is 0 Å². The fraction of sp³-hybridized carbons (Fsp3) is 0.611. The molecule has 4 nitrogen and oxygen atoms in total. The maximum absolute atomic E-state index is 13.7. The standard InChI is InChI=1S/C18H27F2NO3S/c1-17(2,3)24-16(23)21-11-18(12-22,6-5-7-25-4)13-8-14(19)10-15(20)9-13/h8-10,22H,5-7,11-12H2,1-4H3,(H,21,23). The Balaban J connectivity index is 3.03. The average molecular weight is 375 g/mol. The first-order chi connectivity index (χ1) is 11.6. The molecule has 0 saturated carbocycles. The average Bonchev–Trinajstić information content (AvgIpc) is 2.48. The molecular formula is C18H27F2NO3S. The molecule has 1 amide bonds. The van der Waals surface area contributed by atoms with Gasteiger partial charge in [0.15, 0.2) is 0 Å². The number of amides is 1. The van der Waals surface area contributed by atoms with Gasteiger partial charge in [-0.1, -0.05) is 0 Å². The number of alkyl carbamates (subject to hydrolysis) is 1. The highest BCUT2D eigenvalue weighted by Crippen LogP contribution is 2.30. The van der Waals surface area contributed by atoms with E-state index in [0.29, 0.717) is 12.0 Å². The molecule has 0 spiro atoms. The number of ether oxygens (including phenoxy) is 1. The van der Waals surface area contributed by atoms with Crippen molar-refractivity contribution in [2.45, 2.75) is 44.6 Å². The molecule has 25 heavy (non-hydrogen) atoms. The quantitative estimate of drug-likeness (QED) is 0.678. The van der Waals surface area contributed by atoms with Gasteiger partial charge in [-0.05, 0) is 63.3 Å². The highest BCUT2D eigenvalue weighted by Gasteiger charge is 2.33. The van der Waals surface area contributed by atoms with Crippen LogP contribution in [0.4, 0.5) is 13.6 Å². The summed E-state index contributed by atoms with van der Waals surface area (Å²) >= 11 is 1.64. The summed E-state index contributed by atoms with van der Waals surface area (Å²) in [4.78, 5) is 11.9. The molecule has 1 aromatic rings. The number of carbonyl (C=O) groups is 1. The Kier molecular flexibility index (Phi) is 8.15. The predicted molar refractivity (Wildman–Crippen MR) is 97.0 cm³/mol. The number of rotatable bonds is 8. The number of benzene rings is 1. The Morgan fingerprint density at radius 2 is 1.84 bits per heavy atom. The van der Waals surface area contributed by atoms with Crippen molar-refractivity contribution in [2.75, 3.05) is 25.2 Å². The molecule has 0 fully saturated rings. The lowest BCUT2D eigenvalue weighted by Crippen LogP contribution is -2.45. The van der Waals surface area contributed by atoms with E-state index < -0.39 is 28.7 Å². The van der Waals surface area contributed by atoms with Crippen molar-refractivity contribution in [1.82, 2.24) is 5.32 Å². The molecule has 1 atom stereocenters. The van der Waals surface area contributed by atoms with Crippen LogP contribution < -0.4 is 5.32 Å². The molecule has 1 rings (SSSR count). The van der Waals surface area contributed by atoms with Crippen molar-refractivity contribution < 1.29 is 23.4 Å². The highest BCUT2D eigenvalue weighted by molar-refractivity contribution is 7.98. The van der Waals surface area contributed by atoms with Crippen molar-refractivity contribution in [2.24, 2.45) is 0 Å². The van der Waals surface area contributed by atoms with E-state index in [1.807, 2.05) is 6.26 Å². The Labute approximate surface area is 152 Å². The zero-order valence-electron chi connectivity index (χ0n) is 15.2. The summed E-state index contributed by atoms with van der Waals surface area (Å²) in [5, 5.41) is 12.6. The maximum Gasteiger partial charge on any atom is 0.407 e. The lowest BCUT2D eigenvalue weighted by molar-refractivity contribution is 0.0500. The van der Waals surface area contributed by atoms with Crippen LogP contribution in [0, 0.1) is 11.6 Å². The van der Waals surface area contributed by atoms with Crippen molar-refractivity contribution in [3.63, 3.8) is 0 Å². The topological polar surface area (TPSA) is 58.6 Å². The number of thioether (sulfide) groups is 1. The molecule has 1 aromatic carbocycles. The van der Waals surface area contributed by atoms with E-state index in [9.17, 15) is 18.7 Å². The Morgan fingerprint density at radius 3 is 2.32 bits per heavy atom. The van der Waals surface area contributed by atoms with Gasteiger partial charge in [-0.3, -0.25) is 0 Å². The fourth-order valence-electron chi connectivity index (χ4n) is 2.53. The van der Waals surface area contributed by atoms with Gasteiger partial charge in [-0.15, -0.1) is 0 Å². The second kappa shape index (κ2) is 9.38. The SMILES string of the molecule is CSCCCC(CO)(CNC(=O)OC(C)(C)C)c1cc(F)cc(F)c1. The zero-order chi connectivity index (χ0) is 19.1. The predicted octanol–water partition coefficient (Wildman–Crippen LogP) is 3.86. The van der Waals surface area contributed by atoms with Crippen LogP contribution in [0.3, 0.4) is 0 Å². The number of hydrogen-bond donors (Lipinski definition) is 2. The van der Waals surface area contributed by atoms with Gasteiger partial charge in [0.2, 0.25) is 0 Å². The molecule has 0 aliphatic rings. The fourth-order valence-corrected chi connectivity index (χ4v) is 2.96. The van der Waals surface area contributed by atoms with Crippen LogP contribution >= 0.6 is 11.8 Å². The number of carbonyl (C=O) groups excluding carboxylic acids is 1. The van der Waals surface area contributed by atoms with E-state index in [4.69, 9.17) is 4.74 Å². The minimum Gasteiger partial charge on any atom is -0.444 e. The largest absolute Gasteiger partial charge is 0.444 e. The van der Waals surface area contributed by atoms with Gasteiger partial charge < -0.3 is 15.2 Å². The molecule has 0 heterocycles. The molecule has 0 saturated heterocycles. The Morgan fingerprint density at radius 1 is 1.24 bits per heavy atom. The summed E-state index contributed by atoms with van der Waals surface area (Å²) < 4.78 is 32.5. The first-order valence-electron chi connectivity index (χ1n) is 8.15. The lowest BCUT2D eigenvalue weighted by atomic mass is 9.77. The molecule has 0 aromatic heterocycles. The molecule has 0 aliphatic heterocycles. The summed E-state index contributed by atoms with van der Waals surface area (Å²) in [6.45, 7) is 4.90. The normalized spacial score (nSPS) is 14.0. The van der Waals surface area contributed by atoms with E-state index in [2.05, 4.69) is 5.32 Å². The van der Waals surface area contributed by atoms with Crippen molar-refractivity contribution in [3.8, 4) is 0 Å². The third kappa shape index (κ3) is 7.20. The maximum atomic E-state index is 13.7. The third-order valence-electron chi connectivity index (χ3n) is 3.75. The summed E-state index contributed by atoms with van der Waals surface area (Å²) in [5.41, 5.74) is -1.31. The van der Waals surface area contributed by atoms with Crippen molar-refractivity contribution >= 4 is 17.9 Å². The molecule has 2 N–H and O–H groups in total. The minimum absolute atomic E-state index is 0.0235. The monoisotopic (exact) mass is 375 g/mol. The van der Waals surface area contributed by atoms with Crippen LogP contribution in [0.15, 0.2) is 18.2 Å². The second-order valence-electron chi connectivity index (χ2n) is 7.05.